The summed E-state index contributed by atoms with van der Waals surface area (Å²) >= 11 is 0. The van der Waals surface area contributed by atoms with Crippen LogP contribution in [-0.4, -0.2) is 36.2 Å². The number of hydrogen-bond donors (Lipinski definition) is 1. The van der Waals surface area contributed by atoms with Crippen LogP contribution in [0.4, 0.5) is 0 Å². The second kappa shape index (κ2) is 4.41. The molecule has 6 nitrogen and oxygen atoms in total. The molecule has 0 fully saturated rings. The molecular weight excluding hydrogens is 202 g/mol. The maximum Gasteiger partial charge on any atom is 0.357 e. The number of nitrogens with zero attached hydrogens (tertiary/aromatic N) is 1. The molecule has 1 N–H and O–H groups in total. The summed E-state index contributed by atoms with van der Waals surface area (Å²) in [7, 11) is 2.53. The van der Waals surface area contributed by atoms with Gasteiger partial charge in [-0.1, -0.05) is 0 Å². The van der Waals surface area contributed by atoms with Gasteiger partial charge in [-0.3, -0.25) is 0 Å². The topological polar surface area (TPSA) is 85.7 Å². The average molecular weight is 211 g/mol. The Kier molecular flexibility index (Phi) is 3.22. The average Bonchev–Trinajstić information content (AvgIpc) is 2.27. The number of carbonyl (C=O) groups is 2. The highest BCUT2D eigenvalue weighted by Gasteiger charge is 2.19. The molecule has 0 atom stereocenters. The third-order valence-corrected chi connectivity index (χ3v) is 1.71. The number of rotatable bonds is 3. The van der Waals surface area contributed by atoms with Crippen molar-refractivity contribution >= 4 is 11.9 Å². The fourth-order valence-corrected chi connectivity index (χ4v) is 0.980. The number of carboxylic acid groups (broad SMARTS) is 1. The highest BCUT2D eigenvalue weighted by atomic mass is 16.5. The van der Waals surface area contributed by atoms with Gasteiger partial charge in [0.15, 0.2) is 5.69 Å². The zero-order valence-corrected chi connectivity index (χ0v) is 8.18. The van der Waals surface area contributed by atoms with Gasteiger partial charge in [-0.05, 0) is 6.07 Å². The van der Waals surface area contributed by atoms with Crippen molar-refractivity contribution in [2.75, 3.05) is 14.2 Å². The molecule has 0 unspecified atom stereocenters. The van der Waals surface area contributed by atoms with Crippen LogP contribution in [0.1, 0.15) is 20.8 Å². The first-order chi connectivity index (χ1) is 7.10. The first-order valence-electron chi connectivity index (χ1n) is 3.95. The number of pyridine rings is 1. The van der Waals surface area contributed by atoms with Crippen molar-refractivity contribution in [1.82, 2.24) is 4.98 Å². The number of hydrogen-bond acceptors (Lipinski definition) is 5. The van der Waals surface area contributed by atoms with Crippen molar-refractivity contribution < 1.29 is 24.2 Å². The van der Waals surface area contributed by atoms with Gasteiger partial charge in [0.25, 0.3) is 0 Å². The molecule has 0 aromatic carbocycles. The third kappa shape index (κ3) is 2.22. The standard InChI is InChI=1S/C9H9NO5/c1-14-5-3-6(8(11)12)7(10-4-5)9(13)15-2/h3-4H,1-2H3,(H,11,12). The zero-order chi connectivity index (χ0) is 11.4. The molecule has 0 saturated heterocycles. The van der Waals surface area contributed by atoms with Gasteiger partial charge in [0.2, 0.25) is 0 Å². The molecule has 6 heteroatoms. The maximum absolute atomic E-state index is 11.1. The van der Waals surface area contributed by atoms with Crippen LogP contribution in [0.15, 0.2) is 12.3 Å². The van der Waals surface area contributed by atoms with Gasteiger partial charge in [0.1, 0.15) is 5.75 Å². The van der Waals surface area contributed by atoms with Crippen molar-refractivity contribution in [3.8, 4) is 5.75 Å². The maximum atomic E-state index is 11.1. The smallest absolute Gasteiger partial charge is 0.357 e. The monoisotopic (exact) mass is 211 g/mol. The molecule has 0 spiro atoms. The molecule has 80 valence electrons. The van der Waals surface area contributed by atoms with Crippen molar-refractivity contribution in [1.29, 1.82) is 0 Å². The highest BCUT2D eigenvalue weighted by molar-refractivity contribution is 6.01. The lowest BCUT2D eigenvalue weighted by Gasteiger charge is -2.05. The Morgan fingerprint density at radius 2 is 2.07 bits per heavy atom. The minimum atomic E-state index is -1.26. The molecular formula is C9H9NO5. The van der Waals surface area contributed by atoms with Crippen LogP contribution < -0.4 is 4.74 Å². The Labute approximate surface area is 85.5 Å². The van der Waals surface area contributed by atoms with Gasteiger partial charge in [-0.15, -0.1) is 0 Å². The summed E-state index contributed by atoms with van der Waals surface area (Å²) in [5, 5.41) is 8.83. The van der Waals surface area contributed by atoms with E-state index in [4.69, 9.17) is 9.84 Å². The third-order valence-electron chi connectivity index (χ3n) is 1.71. The summed E-state index contributed by atoms with van der Waals surface area (Å²) in [6.07, 6.45) is 1.25. The molecule has 0 radical (unpaired) electrons. The van der Waals surface area contributed by atoms with Crippen LogP contribution in [0, 0.1) is 0 Å². The van der Waals surface area contributed by atoms with E-state index in [-0.39, 0.29) is 17.0 Å². The Morgan fingerprint density at radius 1 is 1.40 bits per heavy atom. The van der Waals surface area contributed by atoms with E-state index in [9.17, 15) is 9.59 Å². The van der Waals surface area contributed by atoms with Crippen molar-refractivity contribution in [3.63, 3.8) is 0 Å². The van der Waals surface area contributed by atoms with E-state index in [0.717, 1.165) is 7.11 Å². The van der Waals surface area contributed by atoms with E-state index in [1.54, 1.807) is 0 Å². The Bertz CT molecular complexity index is 401. The summed E-state index contributed by atoms with van der Waals surface area (Å²) in [5.74, 6) is -1.79. The van der Waals surface area contributed by atoms with E-state index < -0.39 is 11.9 Å². The quantitative estimate of drug-likeness (QED) is 0.736. The molecule has 0 aliphatic carbocycles. The number of ether oxygens (including phenoxy) is 2. The molecule has 0 saturated carbocycles. The molecule has 0 aliphatic rings. The predicted molar refractivity (Wildman–Crippen MR) is 49.1 cm³/mol. The lowest BCUT2D eigenvalue weighted by molar-refractivity contribution is 0.0575. The van der Waals surface area contributed by atoms with Crippen LogP contribution in [0.2, 0.25) is 0 Å². The number of esters is 1. The van der Waals surface area contributed by atoms with E-state index >= 15 is 0 Å². The minimum Gasteiger partial charge on any atom is -0.495 e. The molecule has 15 heavy (non-hydrogen) atoms. The fraction of sp³-hybridized carbons (Fsp3) is 0.222. The van der Waals surface area contributed by atoms with E-state index in [0.29, 0.717) is 0 Å². The van der Waals surface area contributed by atoms with Gasteiger partial charge in [0.05, 0.1) is 26.0 Å². The van der Waals surface area contributed by atoms with E-state index in [1.165, 1.54) is 19.4 Å². The number of carbonyl (C=O) groups excluding carboxylic acids is 1. The summed E-state index contributed by atoms with van der Waals surface area (Å²) in [5.41, 5.74) is -0.494. The molecule has 0 aliphatic heterocycles. The van der Waals surface area contributed by atoms with Crippen LogP contribution in [0.3, 0.4) is 0 Å². The first-order valence-corrected chi connectivity index (χ1v) is 3.95. The minimum absolute atomic E-state index is 0.245. The highest BCUT2D eigenvalue weighted by Crippen LogP contribution is 2.15. The fourth-order valence-electron chi connectivity index (χ4n) is 0.980. The Balaban J connectivity index is 3.27. The van der Waals surface area contributed by atoms with E-state index in [1.807, 2.05) is 0 Å². The van der Waals surface area contributed by atoms with Crippen molar-refractivity contribution in [2.45, 2.75) is 0 Å². The lowest BCUT2D eigenvalue weighted by Crippen LogP contribution is -2.12. The molecule has 1 heterocycles. The summed E-state index contributed by atoms with van der Waals surface area (Å²) < 4.78 is 9.19. The summed E-state index contributed by atoms with van der Waals surface area (Å²) in [4.78, 5) is 25.6. The summed E-state index contributed by atoms with van der Waals surface area (Å²) in [6, 6.07) is 1.21. The molecule has 0 bridgehead atoms. The van der Waals surface area contributed by atoms with Gasteiger partial charge in [-0.25, -0.2) is 14.6 Å². The second-order valence-electron chi connectivity index (χ2n) is 2.57. The zero-order valence-electron chi connectivity index (χ0n) is 8.18. The Morgan fingerprint density at radius 3 is 2.53 bits per heavy atom. The van der Waals surface area contributed by atoms with Gasteiger partial charge in [0, 0.05) is 0 Å². The van der Waals surface area contributed by atoms with Crippen molar-refractivity contribution in [2.24, 2.45) is 0 Å². The first kappa shape index (κ1) is 11.0. The second-order valence-corrected chi connectivity index (χ2v) is 2.57. The molecule has 1 aromatic rings. The number of methoxy groups -OCH3 is 2. The van der Waals surface area contributed by atoms with Crippen LogP contribution >= 0.6 is 0 Å². The predicted octanol–water partition coefficient (Wildman–Crippen LogP) is 0.575. The largest absolute Gasteiger partial charge is 0.495 e. The molecule has 0 amide bonds. The van der Waals surface area contributed by atoms with Gasteiger partial charge < -0.3 is 14.6 Å². The molecule has 1 rings (SSSR count). The number of aromatic nitrogens is 1. The number of carboxylic acids is 1. The van der Waals surface area contributed by atoms with Crippen LogP contribution in [0.5, 0.6) is 5.75 Å². The van der Waals surface area contributed by atoms with E-state index in [2.05, 4.69) is 9.72 Å². The van der Waals surface area contributed by atoms with Gasteiger partial charge in [-0.2, -0.15) is 0 Å². The number of aromatic carboxylic acids is 1. The summed E-state index contributed by atoms with van der Waals surface area (Å²) in [6.45, 7) is 0. The van der Waals surface area contributed by atoms with Crippen LogP contribution in [0.25, 0.3) is 0 Å². The van der Waals surface area contributed by atoms with Crippen molar-refractivity contribution in [3.05, 3.63) is 23.5 Å². The lowest BCUT2D eigenvalue weighted by atomic mass is 10.2. The Hall–Kier alpha value is -2.11. The van der Waals surface area contributed by atoms with Gasteiger partial charge >= 0.3 is 11.9 Å². The van der Waals surface area contributed by atoms with Crippen LogP contribution in [-0.2, 0) is 4.74 Å². The molecule has 1 aromatic heterocycles. The normalized spacial score (nSPS) is 9.47. The SMILES string of the molecule is COC(=O)c1ncc(OC)cc1C(=O)O.